The fraction of sp³-hybridized carbons (Fsp3) is 0.167. The van der Waals surface area contributed by atoms with Crippen molar-refractivity contribution < 1.29 is 4.79 Å². The van der Waals surface area contributed by atoms with Crippen LogP contribution in [0.1, 0.15) is 17.8 Å². The highest BCUT2D eigenvalue weighted by molar-refractivity contribution is 7.10. The molecule has 5 nitrogen and oxygen atoms in total. The van der Waals surface area contributed by atoms with Crippen LogP contribution in [0, 0.1) is 0 Å². The monoisotopic (exact) mass is 339 g/mol. The minimum atomic E-state index is -0.298. The molecule has 3 aromatic rings. The van der Waals surface area contributed by atoms with E-state index < -0.39 is 0 Å². The topological polar surface area (TPSA) is 64.0 Å². The zero-order valence-corrected chi connectivity index (χ0v) is 14.0. The average Bonchev–Trinajstić information content (AvgIpc) is 3.12. The minimum absolute atomic E-state index is 0.0921. The van der Waals surface area contributed by atoms with Gasteiger partial charge in [0.15, 0.2) is 0 Å². The summed E-state index contributed by atoms with van der Waals surface area (Å²) in [6.07, 6.45) is 0. The van der Waals surface area contributed by atoms with Crippen molar-refractivity contribution in [3.8, 4) is 11.3 Å². The molecule has 6 heteroatoms. The molecule has 0 bridgehead atoms. The molecule has 0 fully saturated rings. The molecule has 1 atom stereocenters. The summed E-state index contributed by atoms with van der Waals surface area (Å²) in [6, 6.07) is 16.5. The lowest BCUT2D eigenvalue weighted by molar-refractivity contribution is -0.122. The van der Waals surface area contributed by atoms with Crippen LogP contribution in [0.15, 0.2) is 64.8 Å². The summed E-state index contributed by atoms with van der Waals surface area (Å²) in [5.74, 6) is -0.240. The van der Waals surface area contributed by atoms with E-state index in [0.717, 1.165) is 10.4 Å². The van der Waals surface area contributed by atoms with Crippen molar-refractivity contribution in [1.29, 1.82) is 0 Å². The third-order valence-electron chi connectivity index (χ3n) is 3.58. The lowest BCUT2D eigenvalue weighted by Crippen LogP contribution is -2.34. The van der Waals surface area contributed by atoms with Crippen LogP contribution in [-0.2, 0) is 11.3 Å². The lowest BCUT2D eigenvalue weighted by Gasteiger charge is -2.13. The van der Waals surface area contributed by atoms with E-state index in [1.807, 2.05) is 54.8 Å². The standard InChI is InChI=1S/C18H17N3O2S/c1-13(16-8-5-11-24-16)19-17(22)12-21-18(23)10-9-15(20-21)14-6-3-2-4-7-14/h2-11,13H,12H2,1H3,(H,19,22)/t13-/m1/s1. The summed E-state index contributed by atoms with van der Waals surface area (Å²) in [6.45, 7) is 1.82. The van der Waals surface area contributed by atoms with Crippen LogP contribution < -0.4 is 10.9 Å². The Kier molecular flexibility index (Phi) is 4.86. The van der Waals surface area contributed by atoms with Crippen molar-refractivity contribution in [1.82, 2.24) is 15.1 Å². The molecule has 0 aliphatic carbocycles. The Hall–Kier alpha value is -2.73. The Bertz CT molecular complexity index is 873. The van der Waals surface area contributed by atoms with Crippen molar-refractivity contribution >= 4 is 17.2 Å². The predicted molar refractivity (Wildman–Crippen MR) is 94.8 cm³/mol. The number of nitrogens with one attached hydrogen (secondary N) is 1. The van der Waals surface area contributed by atoms with Gasteiger partial charge in [0.2, 0.25) is 5.91 Å². The van der Waals surface area contributed by atoms with Crippen LogP contribution in [0.4, 0.5) is 0 Å². The van der Waals surface area contributed by atoms with Crippen molar-refractivity contribution in [2.24, 2.45) is 0 Å². The highest BCUT2D eigenvalue weighted by Gasteiger charge is 2.12. The SMILES string of the molecule is C[C@@H](NC(=O)Cn1nc(-c2ccccc2)ccc1=O)c1cccs1. The van der Waals surface area contributed by atoms with E-state index in [2.05, 4.69) is 10.4 Å². The van der Waals surface area contributed by atoms with Gasteiger partial charge >= 0.3 is 0 Å². The second-order valence-electron chi connectivity index (χ2n) is 5.39. The number of benzene rings is 1. The van der Waals surface area contributed by atoms with Gasteiger partial charge < -0.3 is 5.32 Å². The molecule has 24 heavy (non-hydrogen) atoms. The van der Waals surface area contributed by atoms with Gasteiger partial charge in [0.05, 0.1) is 11.7 Å². The van der Waals surface area contributed by atoms with Crippen LogP contribution in [0.3, 0.4) is 0 Å². The number of carbonyl (C=O) groups excluding carboxylic acids is 1. The molecule has 0 radical (unpaired) electrons. The molecular formula is C18H17N3O2S. The normalized spacial score (nSPS) is 11.9. The first-order valence-electron chi connectivity index (χ1n) is 7.60. The molecule has 1 N–H and O–H groups in total. The van der Waals surface area contributed by atoms with E-state index in [4.69, 9.17) is 0 Å². The average molecular weight is 339 g/mol. The number of carbonyl (C=O) groups is 1. The number of rotatable bonds is 5. The van der Waals surface area contributed by atoms with Gasteiger partial charge in [-0.25, -0.2) is 4.68 Å². The van der Waals surface area contributed by atoms with E-state index in [9.17, 15) is 9.59 Å². The summed E-state index contributed by atoms with van der Waals surface area (Å²) >= 11 is 1.58. The second kappa shape index (κ2) is 7.23. The van der Waals surface area contributed by atoms with Gasteiger partial charge in [0.25, 0.3) is 5.56 Å². The quantitative estimate of drug-likeness (QED) is 0.777. The van der Waals surface area contributed by atoms with Gasteiger partial charge in [0.1, 0.15) is 6.54 Å². The fourth-order valence-corrected chi connectivity index (χ4v) is 3.09. The summed E-state index contributed by atoms with van der Waals surface area (Å²) in [7, 11) is 0. The van der Waals surface area contributed by atoms with Crippen molar-refractivity contribution in [2.75, 3.05) is 0 Å². The molecule has 0 spiro atoms. The maximum Gasteiger partial charge on any atom is 0.267 e. The van der Waals surface area contributed by atoms with Gasteiger partial charge in [-0.15, -0.1) is 11.3 Å². The predicted octanol–water partition coefficient (Wildman–Crippen LogP) is 2.85. The first-order valence-corrected chi connectivity index (χ1v) is 8.48. The molecule has 1 aromatic carbocycles. The van der Waals surface area contributed by atoms with Crippen LogP contribution in [0.2, 0.25) is 0 Å². The molecule has 2 heterocycles. The number of amides is 1. The molecule has 0 aliphatic rings. The van der Waals surface area contributed by atoms with E-state index in [1.54, 1.807) is 17.4 Å². The number of nitrogens with zero attached hydrogens (tertiary/aromatic N) is 2. The van der Waals surface area contributed by atoms with Gasteiger partial charge in [-0.3, -0.25) is 9.59 Å². The lowest BCUT2D eigenvalue weighted by atomic mass is 10.1. The largest absolute Gasteiger partial charge is 0.347 e. The summed E-state index contributed by atoms with van der Waals surface area (Å²) < 4.78 is 1.19. The zero-order valence-electron chi connectivity index (χ0n) is 13.2. The smallest absolute Gasteiger partial charge is 0.267 e. The van der Waals surface area contributed by atoms with Crippen LogP contribution in [-0.4, -0.2) is 15.7 Å². The van der Waals surface area contributed by atoms with Crippen molar-refractivity contribution in [2.45, 2.75) is 19.5 Å². The number of aromatic nitrogens is 2. The van der Waals surface area contributed by atoms with Crippen LogP contribution in [0.25, 0.3) is 11.3 Å². The molecule has 0 aliphatic heterocycles. The van der Waals surface area contributed by atoms with Gasteiger partial charge in [-0.05, 0) is 24.4 Å². The molecule has 0 saturated carbocycles. The maximum atomic E-state index is 12.2. The molecule has 122 valence electrons. The van der Waals surface area contributed by atoms with Gasteiger partial charge in [-0.2, -0.15) is 5.10 Å². The molecule has 1 amide bonds. The third-order valence-corrected chi connectivity index (χ3v) is 4.63. The summed E-state index contributed by atoms with van der Waals surface area (Å²) in [4.78, 5) is 25.3. The van der Waals surface area contributed by atoms with Crippen LogP contribution >= 0.6 is 11.3 Å². The number of hydrogen-bond donors (Lipinski definition) is 1. The van der Waals surface area contributed by atoms with E-state index in [0.29, 0.717) is 5.69 Å². The number of hydrogen-bond acceptors (Lipinski definition) is 4. The molecule has 0 unspecified atom stereocenters. The van der Waals surface area contributed by atoms with Gasteiger partial charge in [-0.1, -0.05) is 36.4 Å². The molecule has 2 aromatic heterocycles. The van der Waals surface area contributed by atoms with E-state index in [-0.39, 0.29) is 24.1 Å². The molecule has 3 rings (SSSR count). The summed E-state index contributed by atoms with van der Waals surface area (Å²) in [5.41, 5.74) is 1.27. The van der Waals surface area contributed by atoms with Crippen molar-refractivity contribution in [3.05, 3.63) is 75.2 Å². The Morgan fingerprint density at radius 2 is 1.96 bits per heavy atom. The third kappa shape index (κ3) is 3.78. The van der Waals surface area contributed by atoms with E-state index in [1.165, 1.54) is 10.7 Å². The highest BCUT2D eigenvalue weighted by atomic mass is 32.1. The minimum Gasteiger partial charge on any atom is -0.347 e. The Morgan fingerprint density at radius 1 is 1.17 bits per heavy atom. The maximum absolute atomic E-state index is 12.2. The van der Waals surface area contributed by atoms with Crippen LogP contribution in [0.5, 0.6) is 0 Å². The van der Waals surface area contributed by atoms with Crippen molar-refractivity contribution in [3.63, 3.8) is 0 Å². The summed E-state index contributed by atoms with van der Waals surface area (Å²) in [5, 5.41) is 9.15. The number of thiophene rings is 1. The Labute approximate surface area is 143 Å². The fourth-order valence-electron chi connectivity index (χ4n) is 2.36. The Balaban J connectivity index is 1.75. The first kappa shape index (κ1) is 16.1. The second-order valence-corrected chi connectivity index (χ2v) is 6.36. The zero-order chi connectivity index (χ0) is 16.9. The Morgan fingerprint density at radius 3 is 2.67 bits per heavy atom. The van der Waals surface area contributed by atoms with E-state index >= 15 is 0 Å². The van der Waals surface area contributed by atoms with Gasteiger partial charge in [0, 0.05) is 16.5 Å². The first-order chi connectivity index (χ1) is 11.6. The molecule has 0 saturated heterocycles. The molecular weight excluding hydrogens is 322 g/mol. The highest BCUT2D eigenvalue weighted by Crippen LogP contribution is 2.18.